The van der Waals surface area contributed by atoms with Gasteiger partial charge in [-0.1, -0.05) is 48.5 Å². The van der Waals surface area contributed by atoms with Crippen LogP contribution in [0.15, 0.2) is 84.9 Å². The monoisotopic (exact) mass is 375 g/mol. The second-order valence-corrected chi connectivity index (χ2v) is 5.95. The number of amides is 1. The molecule has 0 aliphatic carbocycles. The summed E-state index contributed by atoms with van der Waals surface area (Å²) < 4.78 is 0. The number of carbonyl (C=O) groups is 2. The Hall–Kier alpha value is -4.00. The van der Waals surface area contributed by atoms with Gasteiger partial charge in [0, 0.05) is 28.9 Å². The molecule has 1 amide bonds. The SMILES string of the molecule is O=C(N[C@@H](Nc1ccc([N+](=O)[O-])cc1)C(=O)c1ccccc1)c1ccccc1. The van der Waals surface area contributed by atoms with Gasteiger partial charge in [0.25, 0.3) is 11.6 Å². The van der Waals surface area contributed by atoms with Crippen molar-refractivity contribution in [3.63, 3.8) is 0 Å². The minimum absolute atomic E-state index is 0.0650. The fraction of sp³-hybridized carbons (Fsp3) is 0.0476. The number of carbonyl (C=O) groups excluding carboxylic acids is 2. The Morgan fingerprint density at radius 1 is 0.786 bits per heavy atom. The largest absolute Gasteiger partial charge is 0.359 e. The zero-order valence-electron chi connectivity index (χ0n) is 14.7. The Morgan fingerprint density at radius 3 is 1.86 bits per heavy atom. The fourth-order valence-electron chi connectivity index (χ4n) is 2.59. The summed E-state index contributed by atoms with van der Waals surface area (Å²) in [7, 11) is 0. The van der Waals surface area contributed by atoms with Crippen molar-refractivity contribution in [2.45, 2.75) is 6.17 Å². The van der Waals surface area contributed by atoms with Crippen LogP contribution in [0.4, 0.5) is 11.4 Å². The van der Waals surface area contributed by atoms with Gasteiger partial charge < -0.3 is 10.6 Å². The van der Waals surface area contributed by atoms with E-state index in [0.29, 0.717) is 16.8 Å². The van der Waals surface area contributed by atoms with Crippen molar-refractivity contribution in [3.05, 3.63) is 106 Å². The third-order valence-electron chi connectivity index (χ3n) is 4.02. The number of ketones is 1. The third-order valence-corrected chi connectivity index (χ3v) is 4.02. The molecule has 0 unspecified atom stereocenters. The van der Waals surface area contributed by atoms with Gasteiger partial charge in [0.15, 0.2) is 6.17 Å². The van der Waals surface area contributed by atoms with Crippen LogP contribution in [0.25, 0.3) is 0 Å². The first kappa shape index (κ1) is 18.8. The molecular weight excluding hydrogens is 358 g/mol. The number of nitro benzene ring substituents is 1. The minimum Gasteiger partial charge on any atom is -0.359 e. The van der Waals surface area contributed by atoms with Crippen molar-refractivity contribution in [2.24, 2.45) is 0 Å². The molecule has 3 aromatic carbocycles. The highest BCUT2D eigenvalue weighted by Crippen LogP contribution is 2.17. The number of rotatable bonds is 7. The zero-order valence-corrected chi connectivity index (χ0v) is 14.7. The van der Waals surface area contributed by atoms with Crippen molar-refractivity contribution >= 4 is 23.1 Å². The Morgan fingerprint density at radius 2 is 1.32 bits per heavy atom. The lowest BCUT2D eigenvalue weighted by atomic mass is 10.1. The van der Waals surface area contributed by atoms with Gasteiger partial charge in [-0.15, -0.1) is 0 Å². The van der Waals surface area contributed by atoms with E-state index in [1.165, 1.54) is 24.3 Å². The van der Waals surface area contributed by atoms with Gasteiger partial charge in [0.1, 0.15) is 0 Å². The van der Waals surface area contributed by atoms with Gasteiger partial charge in [-0.05, 0) is 24.3 Å². The van der Waals surface area contributed by atoms with Gasteiger partial charge >= 0.3 is 0 Å². The molecule has 0 spiro atoms. The Labute approximate surface area is 161 Å². The lowest BCUT2D eigenvalue weighted by Crippen LogP contribution is -2.46. The Balaban J connectivity index is 1.84. The minimum atomic E-state index is -1.04. The van der Waals surface area contributed by atoms with Gasteiger partial charge in [-0.2, -0.15) is 0 Å². The lowest BCUT2D eigenvalue weighted by molar-refractivity contribution is -0.384. The van der Waals surface area contributed by atoms with E-state index in [4.69, 9.17) is 0 Å². The topological polar surface area (TPSA) is 101 Å². The van der Waals surface area contributed by atoms with Crippen LogP contribution in [0.3, 0.4) is 0 Å². The number of nitrogens with zero attached hydrogens (tertiary/aromatic N) is 1. The molecule has 2 N–H and O–H groups in total. The lowest BCUT2D eigenvalue weighted by Gasteiger charge is -2.20. The van der Waals surface area contributed by atoms with Crippen LogP contribution >= 0.6 is 0 Å². The second kappa shape index (κ2) is 8.59. The predicted octanol–water partition coefficient (Wildman–Crippen LogP) is 3.65. The molecule has 0 aliphatic heterocycles. The van der Waals surface area contributed by atoms with Crippen molar-refractivity contribution < 1.29 is 14.5 Å². The fourth-order valence-corrected chi connectivity index (χ4v) is 2.59. The number of nitro groups is 1. The van der Waals surface area contributed by atoms with Crippen molar-refractivity contribution in [3.8, 4) is 0 Å². The van der Waals surface area contributed by atoms with E-state index in [2.05, 4.69) is 10.6 Å². The van der Waals surface area contributed by atoms with E-state index in [1.54, 1.807) is 60.7 Å². The summed E-state index contributed by atoms with van der Waals surface area (Å²) in [4.78, 5) is 35.7. The van der Waals surface area contributed by atoms with Gasteiger partial charge in [0.05, 0.1) is 4.92 Å². The molecular formula is C21H17N3O4. The molecule has 7 nitrogen and oxygen atoms in total. The van der Waals surface area contributed by atoms with E-state index < -0.39 is 17.0 Å². The quantitative estimate of drug-likeness (QED) is 0.284. The first-order chi connectivity index (χ1) is 13.5. The molecule has 3 aromatic rings. The van der Waals surface area contributed by atoms with E-state index in [-0.39, 0.29) is 11.5 Å². The van der Waals surface area contributed by atoms with E-state index in [9.17, 15) is 19.7 Å². The summed E-state index contributed by atoms with van der Waals surface area (Å²) in [5.74, 6) is -0.743. The molecule has 1 atom stereocenters. The molecule has 7 heteroatoms. The molecule has 28 heavy (non-hydrogen) atoms. The smallest absolute Gasteiger partial charge is 0.269 e. The summed E-state index contributed by atoms with van der Waals surface area (Å²) in [6.45, 7) is 0. The number of benzene rings is 3. The van der Waals surface area contributed by atoms with Gasteiger partial charge in [0.2, 0.25) is 5.78 Å². The van der Waals surface area contributed by atoms with Gasteiger partial charge in [-0.25, -0.2) is 0 Å². The molecule has 0 radical (unpaired) electrons. The summed E-state index contributed by atoms with van der Waals surface area (Å²) in [5, 5.41) is 16.4. The van der Waals surface area contributed by atoms with Crippen LogP contribution in [0.5, 0.6) is 0 Å². The maximum atomic E-state index is 12.9. The third kappa shape index (κ3) is 4.59. The standard InChI is InChI=1S/C21H17N3O4/c25-19(15-7-3-1-4-8-15)20(23-21(26)16-9-5-2-6-10-16)22-17-11-13-18(14-12-17)24(27)28/h1-14,20,22H,(H,23,26)/t20-/m1/s1. The zero-order chi connectivity index (χ0) is 19.9. The molecule has 0 aliphatic rings. The highest BCUT2D eigenvalue weighted by atomic mass is 16.6. The van der Waals surface area contributed by atoms with Crippen LogP contribution in [-0.4, -0.2) is 22.8 Å². The van der Waals surface area contributed by atoms with E-state index in [1.807, 2.05) is 0 Å². The van der Waals surface area contributed by atoms with E-state index >= 15 is 0 Å². The number of anilines is 1. The van der Waals surface area contributed by atoms with Crippen LogP contribution in [-0.2, 0) is 0 Å². The Kier molecular flexibility index (Phi) is 5.76. The highest BCUT2D eigenvalue weighted by Gasteiger charge is 2.23. The van der Waals surface area contributed by atoms with Gasteiger partial charge in [-0.3, -0.25) is 19.7 Å². The summed E-state index contributed by atoms with van der Waals surface area (Å²) in [6, 6.07) is 22.7. The first-order valence-electron chi connectivity index (χ1n) is 8.51. The molecule has 0 bridgehead atoms. The van der Waals surface area contributed by atoms with Crippen LogP contribution in [0, 0.1) is 10.1 Å². The molecule has 0 saturated heterocycles. The Bertz CT molecular complexity index is 974. The first-order valence-corrected chi connectivity index (χ1v) is 8.51. The van der Waals surface area contributed by atoms with Crippen molar-refractivity contribution in [1.82, 2.24) is 5.32 Å². The van der Waals surface area contributed by atoms with Crippen LogP contribution < -0.4 is 10.6 Å². The molecule has 0 aromatic heterocycles. The highest BCUT2D eigenvalue weighted by molar-refractivity contribution is 6.05. The summed E-state index contributed by atoms with van der Waals surface area (Å²) in [5.41, 5.74) is 1.24. The van der Waals surface area contributed by atoms with Crippen molar-refractivity contribution in [1.29, 1.82) is 0 Å². The van der Waals surface area contributed by atoms with Crippen LogP contribution in [0.1, 0.15) is 20.7 Å². The summed E-state index contributed by atoms with van der Waals surface area (Å²) >= 11 is 0. The second-order valence-electron chi connectivity index (χ2n) is 5.95. The molecule has 3 rings (SSSR count). The number of hydrogen-bond acceptors (Lipinski definition) is 5. The number of nitrogens with one attached hydrogen (secondary N) is 2. The number of hydrogen-bond donors (Lipinski definition) is 2. The van der Waals surface area contributed by atoms with Crippen molar-refractivity contribution in [2.75, 3.05) is 5.32 Å². The number of Topliss-reactive ketones (excluding diaryl/α,β-unsaturated/α-hetero) is 1. The number of non-ortho nitro benzene ring substituents is 1. The van der Waals surface area contributed by atoms with Crippen LogP contribution in [0.2, 0.25) is 0 Å². The predicted molar refractivity (Wildman–Crippen MR) is 105 cm³/mol. The maximum absolute atomic E-state index is 12.9. The summed E-state index contributed by atoms with van der Waals surface area (Å²) in [6.07, 6.45) is -1.04. The molecule has 140 valence electrons. The van der Waals surface area contributed by atoms with E-state index in [0.717, 1.165) is 0 Å². The molecule has 0 saturated carbocycles. The molecule has 0 heterocycles. The normalized spacial score (nSPS) is 11.3. The average Bonchev–Trinajstić information content (AvgIpc) is 2.74. The molecule has 0 fully saturated rings. The maximum Gasteiger partial charge on any atom is 0.269 e. The average molecular weight is 375 g/mol.